The molecule has 3 rings (SSSR count). The number of nitrogens with zero attached hydrogens (tertiary/aromatic N) is 2. The summed E-state index contributed by atoms with van der Waals surface area (Å²) in [5.74, 6) is 1.25. The van der Waals surface area contributed by atoms with Gasteiger partial charge in [0, 0.05) is 18.2 Å². The number of phenolic OH excluding ortho intramolecular Hbond substituents is 1. The highest BCUT2D eigenvalue weighted by molar-refractivity contribution is 5.28. The lowest BCUT2D eigenvalue weighted by Gasteiger charge is -2.24. The average Bonchev–Trinajstić information content (AvgIpc) is 2.99. The van der Waals surface area contributed by atoms with Crippen LogP contribution < -0.4 is 0 Å². The summed E-state index contributed by atoms with van der Waals surface area (Å²) in [6.07, 6.45) is 2.35. The zero-order valence-corrected chi connectivity index (χ0v) is 12.0. The first-order chi connectivity index (χ1) is 9.65. The van der Waals surface area contributed by atoms with Gasteiger partial charge < -0.3 is 9.63 Å². The highest BCUT2D eigenvalue weighted by atomic mass is 16.5. The predicted molar refractivity (Wildman–Crippen MR) is 76.5 cm³/mol. The first-order valence-electron chi connectivity index (χ1n) is 7.10. The Balaban J connectivity index is 1.81. The lowest BCUT2D eigenvalue weighted by molar-refractivity contribution is 0.245. The minimum absolute atomic E-state index is 0.317. The van der Waals surface area contributed by atoms with Gasteiger partial charge in [0.15, 0.2) is 0 Å². The third kappa shape index (κ3) is 2.43. The fourth-order valence-corrected chi connectivity index (χ4v) is 3.14. The van der Waals surface area contributed by atoms with Crippen LogP contribution in [0.5, 0.6) is 5.75 Å². The minimum Gasteiger partial charge on any atom is -0.508 e. The zero-order chi connectivity index (χ0) is 14.1. The molecular formula is C16H20N2O2. The van der Waals surface area contributed by atoms with Crippen molar-refractivity contribution in [3.63, 3.8) is 0 Å². The maximum Gasteiger partial charge on any atom is 0.138 e. The van der Waals surface area contributed by atoms with Crippen molar-refractivity contribution < 1.29 is 9.63 Å². The van der Waals surface area contributed by atoms with Crippen LogP contribution in [0.25, 0.3) is 0 Å². The van der Waals surface area contributed by atoms with Crippen molar-refractivity contribution in [2.24, 2.45) is 0 Å². The van der Waals surface area contributed by atoms with Gasteiger partial charge in [0.2, 0.25) is 0 Å². The Bertz CT molecular complexity index is 570. The number of aromatic nitrogens is 1. The molecule has 106 valence electrons. The Kier molecular flexibility index (Phi) is 3.49. The summed E-state index contributed by atoms with van der Waals surface area (Å²) in [6, 6.07) is 7.86. The molecule has 1 aliphatic rings. The number of rotatable bonds is 3. The zero-order valence-electron chi connectivity index (χ0n) is 12.0. The maximum atomic E-state index is 9.36. The Morgan fingerprint density at radius 1 is 1.30 bits per heavy atom. The van der Waals surface area contributed by atoms with Gasteiger partial charge >= 0.3 is 0 Å². The second-order valence-corrected chi connectivity index (χ2v) is 5.53. The molecule has 1 aliphatic heterocycles. The normalized spacial score (nSPS) is 19.6. The van der Waals surface area contributed by atoms with Crippen molar-refractivity contribution in [3.05, 3.63) is 46.8 Å². The molecule has 1 fully saturated rings. The highest BCUT2D eigenvalue weighted by Gasteiger charge is 2.30. The van der Waals surface area contributed by atoms with E-state index in [2.05, 4.69) is 10.1 Å². The predicted octanol–water partition coefficient (Wildman–Crippen LogP) is 3.33. The van der Waals surface area contributed by atoms with Crippen molar-refractivity contribution in [2.45, 2.75) is 39.3 Å². The van der Waals surface area contributed by atoms with Crippen LogP contribution >= 0.6 is 0 Å². The Hall–Kier alpha value is -1.81. The number of phenols is 1. The van der Waals surface area contributed by atoms with Crippen LogP contribution in [0.4, 0.5) is 0 Å². The third-order valence-electron chi connectivity index (χ3n) is 4.11. The van der Waals surface area contributed by atoms with Crippen LogP contribution in [0.2, 0.25) is 0 Å². The fraction of sp³-hybridized carbons (Fsp3) is 0.438. The number of hydrogen-bond donors (Lipinski definition) is 1. The lowest BCUT2D eigenvalue weighted by Crippen LogP contribution is -2.23. The van der Waals surface area contributed by atoms with Gasteiger partial charge in [0.25, 0.3) is 0 Å². The molecule has 1 atom stereocenters. The van der Waals surface area contributed by atoms with E-state index >= 15 is 0 Å². The molecule has 0 radical (unpaired) electrons. The summed E-state index contributed by atoms with van der Waals surface area (Å²) >= 11 is 0. The van der Waals surface area contributed by atoms with Gasteiger partial charge in [-0.3, -0.25) is 4.90 Å². The van der Waals surface area contributed by atoms with Crippen molar-refractivity contribution >= 4 is 0 Å². The van der Waals surface area contributed by atoms with E-state index < -0.39 is 0 Å². The molecule has 0 saturated carbocycles. The summed E-state index contributed by atoms with van der Waals surface area (Å²) in [7, 11) is 0. The molecule has 2 aromatic rings. The van der Waals surface area contributed by atoms with E-state index in [-0.39, 0.29) is 0 Å². The van der Waals surface area contributed by atoms with Crippen LogP contribution in [-0.4, -0.2) is 21.7 Å². The second-order valence-electron chi connectivity index (χ2n) is 5.53. The maximum absolute atomic E-state index is 9.36. The van der Waals surface area contributed by atoms with Gasteiger partial charge in [0.05, 0.1) is 5.69 Å². The SMILES string of the molecule is Cc1noc(C)c1C1CCCN1Cc1ccc(O)cc1. The number of likely N-dealkylation sites (tertiary alicyclic amines) is 1. The minimum atomic E-state index is 0.317. The van der Waals surface area contributed by atoms with Crippen molar-refractivity contribution in [3.8, 4) is 5.75 Å². The Morgan fingerprint density at radius 2 is 2.05 bits per heavy atom. The number of aryl methyl sites for hydroxylation is 2. The largest absolute Gasteiger partial charge is 0.508 e. The Morgan fingerprint density at radius 3 is 2.70 bits per heavy atom. The summed E-state index contributed by atoms with van der Waals surface area (Å²) in [5.41, 5.74) is 3.48. The lowest BCUT2D eigenvalue weighted by atomic mass is 10.0. The quantitative estimate of drug-likeness (QED) is 0.931. The van der Waals surface area contributed by atoms with Gasteiger partial charge in [-0.2, -0.15) is 0 Å². The molecule has 4 nitrogen and oxygen atoms in total. The first-order valence-corrected chi connectivity index (χ1v) is 7.10. The summed E-state index contributed by atoms with van der Waals surface area (Å²) in [6.45, 7) is 6.00. The molecule has 0 amide bonds. The van der Waals surface area contributed by atoms with Crippen LogP contribution in [0, 0.1) is 13.8 Å². The molecule has 0 bridgehead atoms. The molecule has 0 spiro atoms. The summed E-state index contributed by atoms with van der Waals surface area (Å²) < 4.78 is 5.31. The van der Waals surface area contributed by atoms with Gasteiger partial charge in [-0.05, 0) is 50.9 Å². The highest BCUT2D eigenvalue weighted by Crippen LogP contribution is 2.36. The molecular weight excluding hydrogens is 252 g/mol. The van der Waals surface area contributed by atoms with E-state index in [1.54, 1.807) is 12.1 Å². The molecule has 1 aromatic heterocycles. The van der Waals surface area contributed by atoms with Gasteiger partial charge in [-0.1, -0.05) is 17.3 Å². The second kappa shape index (κ2) is 5.29. The first kappa shape index (κ1) is 13.2. The molecule has 4 heteroatoms. The Labute approximate surface area is 119 Å². The van der Waals surface area contributed by atoms with Gasteiger partial charge in [0.1, 0.15) is 11.5 Å². The van der Waals surface area contributed by atoms with Gasteiger partial charge in [-0.15, -0.1) is 0 Å². The van der Waals surface area contributed by atoms with E-state index in [0.29, 0.717) is 11.8 Å². The van der Waals surface area contributed by atoms with Crippen molar-refractivity contribution in [1.82, 2.24) is 10.1 Å². The van der Waals surface area contributed by atoms with E-state index in [4.69, 9.17) is 4.52 Å². The van der Waals surface area contributed by atoms with Crippen molar-refractivity contribution in [2.75, 3.05) is 6.54 Å². The number of aromatic hydroxyl groups is 1. The third-order valence-corrected chi connectivity index (χ3v) is 4.11. The van der Waals surface area contributed by atoms with Crippen molar-refractivity contribution in [1.29, 1.82) is 0 Å². The van der Waals surface area contributed by atoms with Crippen LogP contribution in [0.15, 0.2) is 28.8 Å². The smallest absolute Gasteiger partial charge is 0.138 e. The van der Waals surface area contributed by atoms with Crippen LogP contribution in [-0.2, 0) is 6.54 Å². The van der Waals surface area contributed by atoms with E-state index in [1.165, 1.54) is 17.5 Å². The summed E-state index contributed by atoms with van der Waals surface area (Å²) in [4.78, 5) is 2.47. The monoisotopic (exact) mass is 272 g/mol. The average molecular weight is 272 g/mol. The van der Waals surface area contributed by atoms with E-state index in [1.807, 2.05) is 26.0 Å². The molecule has 1 saturated heterocycles. The molecule has 2 heterocycles. The van der Waals surface area contributed by atoms with E-state index in [0.717, 1.165) is 31.0 Å². The number of hydrogen-bond acceptors (Lipinski definition) is 4. The van der Waals surface area contributed by atoms with Gasteiger partial charge in [-0.25, -0.2) is 0 Å². The molecule has 0 aliphatic carbocycles. The number of benzene rings is 1. The standard InChI is InChI=1S/C16H20N2O2/c1-11-16(12(2)20-17-11)15-4-3-9-18(15)10-13-5-7-14(19)8-6-13/h5-8,15,19H,3-4,9-10H2,1-2H3. The molecule has 20 heavy (non-hydrogen) atoms. The van der Waals surface area contributed by atoms with Crippen LogP contribution in [0.3, 0.4) is 0 Å². The molecule has 1 unspecified atom stereocenters. The van der Waals surface area contributed by atoms with E-state index in [9.17, 15) is 5.11 Å². The fourth-order valence-electron chi connectivity index (χ4n) is 3.14. The molecule has 1 aromatic carbocycles. The topological polar surface area (TPSA) is 49.5 Å². The summed E-state index contributed by atoms with van der Waals surface area (Å²) in [5, 5.41) is 13.4. The van der Waals surface area contributed by atoms with Crippen LogP contribution in [0.1, 0.15) is 41.5 Å². The molecule has 1 N–H and O–H groups in total.